The maximum Gasteiger partial charge on any atom is 0.257 e. The van der Waals surface area contributed by atoms with Gasteiger partial charge in [-0.1, -0.05) is 23.2 Å². The molecule has 166 valence electrons. The Hall–Kier alpha value is -2.52. The van der Waals surface area contributed by atoms with E-state index in [9.17, 15) is 18.5 Å². The number of aromatic nitrogens is 1. The van der Waals surface area contributed by atoms with Crippen LogP contribution in [0, 0.1) is 5.82 Å². The smallest absolute Gasteiger partial charge is 0.257 e. The first-order chi connectivity index (χ1) is 15.2. The number of hydrogen-bond acceptors (Lipinski definition) is 4. The van der Waals surface area contributed by atoms with Crippen molar-refractivity contribution in [1.29, 1.82) is 0 Å². The standard InChI is InChI=1S/C22H18Cl2FN3O3S/c1-27-5-3-13(9-20(27)29)14-7-15(23)10-16(8-14)26-22(30)18-11-17(12-19(25)21(18)24)28-4-2-6-32(28)31/h3,5,7-12H,2,4,6H2,1H3,(H,26,30). The minimum atomic E-state index is -1.27. The molecular weight excluding hydrogens is 476 g/mol. The first kappa shape index (κ1) is 22.7. The Morgan fingerprint density at radius 3 is 2.62 bits per heavy atom. The largest absolute Gasteiger partial charge is 0.593 e. The molecule has 1 aromatic heterocycles. The first-order valence-corrected chi connectivity index (χ1v) is 11.7. The van der Waals surface area contributed by atoms with Crippen LogP contribution in [-0.2, 0) is 18.4 Å². The highest BCUT2D eigenvalue weighted by Gasteiger charge is 2.29. The summed E-state index contributed by atoms with van der Waals surface area (Å²) >= 11 is 11.0. The number of nitrogens with zero attached hydrogens (tertiary/aromatic N) is 2. The van der Waals surface area contributed by atoms with Crippen LogP contribution in [0.5, 0.6) is 0 Å². The second-order valence-electron chi connectivity index (χ2n) is 7.32. The fourth-order valence-electron chi connectivity index (χ4n) is 3.43. The number of carbonyl (C=O) groups excluding carboxylic acids is 1. The van der Waals surface area contributed by atoms with Crippen molar-refractivity contribution in [1.82, 2.24) is 4.57 Å². The SMILES string of the molecule is Cn1ccc(-c2cc(Cl)cc(NC(=O)c3cc(N4CCC[S+]4[O-])cc(F)c3Cl)c2)cc1=O. The summed E-state index contributed by atoms with van der Waals surface area (Å²) in [4.78, 5) is 24.9. The van der Waals surface area contributed by atoms with Crippen LogP contribution in [0.4, 0.5) is 15.8 Å². The zero-order valence-electron chi connectivity index (χ0n) is 16.9. The predicted octanol–water partition coefficient (Wildman–Crippen LogP) is 4.62. The minimum absolute atomic E-state index is 0.0827. The summed E-state index contributed by atoms with van der Waals surface area (Å²) in [5.74, 6) is -0.928. The van der Waals surface area contributed by atoms with Crippen molar-refractivity contribution in [3.05, 3.63) is 80.4 Å². The number of amides is 1. The van der Waals surface area contributed by atoms with Crippen LogP contribution in [0.1, 0.15) is 16.8 Å². The van der Waals surface area contributed by atoms with Crippen LogP contribution in [0.15, 0.2) is 53.5 Å². The third-order valence-corrected chi connectivity index (χ3v) is 7.19. The number of benzene rings is 2. The second-order valence-corrected chi connectivity index (χ2v) is 9.62. The summed E-state index contributed by atoms with van der Waals surface area (Å²) in [6.45, 7) is 0.503. The normalized spacial score (nSPS) is 15.8. The van der Waals surface area contributed by atoms with E-state index in [2.05, 4.69) is 5.32 Å². The predicted molar refractivity (Wildman–Crippen MR) is 126 cm³/mol. The van der Waals surface area contributed by atoms with Gasteiger partial charge in [-0.3, -0.25) is 9.59 Å². The molecule has 0 spiro atoms. The number of carbonyl (C=O) groups is 1. The highest BCUT2D eigenvalue weighted by Crippen LogP contribution is 2.32. The summed E-state index contributed by atoms with van der Waals surface area (Å²) in [7, 11) is 1.64. The van der Waals surface area contributed by atoms with Crippen molar-refractivity contribution in [2.45, 2.75) is 6.42 Å². The number of rotatable bonds is 4. The lowest BCUT2D eigenvalue weighted by molar-refractivity contribution is 0.102. The second kappa shape index (κ2) is 9.15. The van der Waals surface area contributed by atoms with Crippen LogP contribution in [0.25, 0.3) is 11.1 Å². The molecule has 1 amide bonds. The van der Waals surface area contributed by atoms with Crippen molar-refractivity contribution >= 4 is 51.8 Å². The van der Waals surface area contributed by atoms with Gasteiger partial charge in [0.1, 0.15) is 11.6 Å². The van der Waals surface area contributed by atoms with Gasteiger partial charge >= 0.3 is 0 Å². The monoisotopic (exact) mass is 493 g/mol. The van der Waals surface area contributed by atoms with E-state index >= 15 is 0 Å². The molecule has 4 rings (SSSR count). The van der Waals surface area contributed by atoms with Gasteiger partial charge in [0.2, 0.25) is 0 Å². The Labute approximate surface area is 196 Å². The zero-order valence-corrected chi connectivity index (χ0v) is 19.2. The average Bonchev–Trinajstić information content (AvgIpc) is 3.17. The van der Waals surface area contributed by atoms with E-state index in [1.54, 1.807) is 35.7 Å². The quantitative estimate of drug-likeness (QED) is 0.537. The van der Waals surface area contributed by atoms with Crippen molar-refractivity contribution in [3.63, 3.8) is 0 Å². The Morgan fingerprint density at radius 2 is 1.94 bits per heavy atom. The van der Waals surface area contributed by atoms with Gasteiger partial charge in [0.25, 0.3) is 11.5 Å². The number of halogens is 3. The molecule has 6 nitrogen and oxygen atoms in total. The van der Waals surface area contributed by atoms with Gasteiger partial charge in [-0.25, -0.2) is 4.39 Å². The average molecular weight is 494 g/mol. The molecule has 1 N–H and O–H groups in total. The molecule has 2 aromatic carbocycles. The minimum Gasteiger partial charge on any atom is -0.593 e. The Kier molecular flexibility index (Phi) is 6.48. The Morgan fingerprint density at radius 1 is 1.16 bits per heavy atom. The van der Waals surface area contributed by atoms with E-state index in [4.69, 9.17) is 23.2 Å². The molecule has 0 aliphatic carbocycles. The molecule has 1 saturated heterocycles. The fourth-order valence-corrected chi connectivity index (χ4v) is 5.13. The lowest BCUT2D eigenvalue weighted by Crippen LogP contribution is -2.26. The Balaban J connectivity index is 1.65. The number of nitrogens with one attached hydrogen (secondary N) is 1. The van der Waals surface area contributed by atoms with Gasteiger partial charge in [-0.15, -0.1) is 0 Å². The lowest BCUT2D eigenvalue weighted by atomic mass is 10.1. The topological polar surface area (TPSA) is 77.4 Å². The molecule has 1 aliphatic heterocycles. The number of hydrogen-bond donors (Lipinski definition) is 1. The van der Waals surface area contributed by atoms with Crippen molar-refractivity contribution in [3.8, 4) is 11.1 Å². The molecule has 3 aromatic rings. The van der Waals surface area contributed by atoms with Crippen LogP contribution < -0.4 is 15.2 Å². The lowest BCUT2D eigenvalue weighted by Gasteiger charge is -2.20. The number of anilines is 2. The number of aryl methyl sites for hydroxylation is 1. The third kappa shape index (κ3) is 4.63. The van der Waals surface area contributed by atoms with Crippen LogP contribution in [0.3, 0.4) is 0 Å². The molecule has 2 heterocycles. The molecule has 32 heavy (non-hydrogen) atoms. The third-order valence-electron chi connectivity index (χ3n) is 5.06. The van der Waals surface area contributed by atoms with E-state index < -0.39 is 23.1 Å². The van der Waals surface area contributed by atoms with E-state index in [1.165, 1.54) is 28.8 Å². The highest BCUT2D eigenvalue weighted by molar-refractivity contribution is 7.93. The molecule has 10 heteroatoms. The summed E-state index contributed by atoms with van der Waals surface area (Å²) in [5, 5.41) is 2.70. The van der Waals surface area contributed by atoms with Crippen LogP contribution in [0.2, 0.25) is 10.0 Å². The summed E-state index contributed by atoms with van der Waals surface area (Å²) < 4.78 is 29.6. The van der Waals surface area contributed by atoms with Gasteiger partial charge in [0.05, 0.1) is 34.2 Å². The molecule has 1 fully saturated rings. The van der Waals surface area contributed by atoms with Crippen molar-refractivity contribution < 1.29 is 13.7 Å². The molecule has 0 radical (unpaired) electrons. The molecular formula is C22H18Cl2FN3O3S. The highest BCUT2D eigenvalue weighted by atomic mass is 35.5. The first-order valence-electron chi connectivity index (χ1n) is 9.67. The maximum absolute atomic E-state index is 14.4. The van der Waals surface area contributed by atoms with E-state index in [-0.39, 0.29) is 16.1 Å². The maximum atomic E-state index is 14.4. The molecule has 1 unspecified atom stereocenters. The Bertz CT molecular complexity index is 1270. The van der Waals surface area contributed by atoms with Gasteiger partial charge in [-0.2, -0.15) is 4.31 Å². The molecule has 0 bridgehead atoms. The van der Waals surface area contributed by atoms with Gasteiger partial charge in [0.15, 0.2) is 0 Å². The summed E-state index contributed by atoms with van der Waals surface area (Å²) in [5.41, 5.74) is 1.68. The van der Waals surface area contributed by atoms with Gasteiger partial charge in [-0.05, 0) is 41.5 Å². The molecule has 1 atom stereocenters. The van der Waals surface area contributed by atoms with Crippen molar-refractivity contribution in [2.75, 3.05) is 21.9 Å². The number of pyridine rings is 1. The fraction of sp³-hybridized carbons (Fsp3) is 0.182. The zero-order chi connectivity index (χ0) is 23.0. The molecule has 1 aliphatic rings. The van der Waals surface area contributed by atoms with Crippen molar-refractivity contribution in [2.24, 2.45) is 7.05 Å². The van der Waals surface area contributed by atoms with Crippen LogP contribution >= 0.6 is 23.2 Å². The van der Waals surface area contributed by atoms with E-state index in [0.717, 1.165) is 0 Å². The van der Waals surface area contributed by atoms with Crippen LogP contribution in [-0.4, -0.2) is 27.3 Å². The van der Waals surface area contributed by atoms with E-state index in [1.807, 2.05) is 0 Å². The van der Waals surface area contributed by atoms with Gasteiger partial charge in [0, 0.05) is 42.5 Å². The van der Waals surface area contributed by atoms with Gasteiger partial charge < -0.3 is 14.4 Å². The summed E-state index contributed by atoms with van der Waals surface area (Å²) in [6, 6.07) is 10.7. The summed E-state index contributed by atoms with van der Waals surface area (Å²) in [6.07, 6.45) is 2.35. The molecule has 0 saturated carbocycles. The van der Waals surface area contributed by atoms with E-state index in [0.29, 0.717) is 46.2 Å².